The van der Waals surface area contributed by atoms with Gasteiger partial charge in [-0.1, -0.05) is 30.3 Å². The number of esters is 1. The van der Waals surface area contributed by atoms with Crippen LogP contribution in [0.4, 0.5) is 0 Å². The number of piperidine rings is 1. The van der Waals surface area contributed by atoms with Crippen LogP contribution in [-0.4, -0.2) is 40.1 Å². The molecule has 1 aliphatic heterocycles. The van der Waals surface area contributed by atoms with Gasteiger partial charge in [0.2, 0.25) is 0 Å². The number of nitrogens with zero attached hydrogens (tertiary/aromatic N) is 1. The molecule has 1 aliphatic carbocycles. The van der Waals surface area contributed by atoms with Gasteiger partial charge in [-0.2, -0.15) is 0 Å². The van der Waals surface area contributed by atoms with Crippen molar-refractivity contribution in [3.8, 4) is 0 Å². The third kappa shape index (κ3) is 2.50. The number of hydrogen-bond donors (Lipinski definition) is 1. The van der Waals surface area contributed by atoms with Crippen molar-refractivity contribution in [2.24, 2.45) is 5.92 Å². The van der Waals surface area contributed by atoms with Crippen molar-refractivity contribution in [2.45, 2.75) is 50.9 Å². The van der Waals surface area contributed by atoms with Gasteiger partial charge in [-0.05, 0) is 31.2 Å². The van der Waals surface area contributed by atoms with E-state index < -0.39 is 12.0 Å². The van der Waals surface area contributed by atoms with Crippen molar-refractivity contribution < 1.29 is 19.4 Å². The molecule has 1 saturated heterocycles. The molecule has 5 heteroatoms. The van der Waals surface area contributed by atoms with Crippen LogP contribution in [0.15, 0.2) is 30.3 Å². The highest BCUT2D eigenvalue weighted by Crippen LogP contribution is 2.47. The summed E-state index contributed by atoms with van der Waals surface area (Å²) in [6.07, 6.45) is 1.25. The number of benzene rings is 1. The molecule has 0 amide bonds. The number of likely N-dealkylation sites (tertiary alicyclic amines) is 1. The van der Waals surface area contributed by atoms with E-state index >= 15 is 0 Å². The van der Waals surface area contributed by atoms with E-state index in [1.165, 1.54) is 6.92 Å². The maximum Gasteiger partial charge on any atom is 0.321 e. The first-order chi connectivity index (χ1) is 10.5. The zero-order valence-electron chi connectivity index (χ0n) is 12.8. The average molecular weight is 303 g/mol. The van der Waals surface area contributed by atoms with Crippen LogP contribution in [0.3, 0.4) is 0 Å². The molecule has 3 rings (SSSR count). The van der Waals surface area contributed by atoms with Gasteiger partial charge in [-0.3, -0.25) is 14.5 Å². The Morgan fingerprint density at radius 1 is 1.27 bits per heavy atom. The summed E-state index contributed by atoms with van der Waals surface area (Å²) in [4.78, 5) is 25.0. The van der Waals surface area contributed by atoms with Crippen LogP contribution in [0.1, 0.15) is 38.3 Å². The molecule has 2 bridgehead atoms. The molecule has 1 N–H and O–H groups in total. The van der Waals surface area contributed by atoms with Gasteiger partial charge in [0.1, 0.15) is 12.1 Å². The largest absolute Gasteiger partial charge is 0.480 e. The summed E-state index contributed by atoms with van der Waals surface area (Å²) in [6.45, 7) is 3.43. The van der Waals surface area contributed by atoms with Crippen molar-refractivity contribution in [2.75, 3.05) is 0 Å². The fourth-order valence-electron chi connectivity index (χ4n) is 4.14. The molecule has 1 heterocycles. The van der Waals surface area contributed by atoms with Gasteiger partial charge >= 0.3 is 11.9 Å². The normalized spacial score (nSPS) is 31.9. The topological polar surface area (TPSA) is 66.8 Å². The molecule has 5 nitrogen and oxygen atoms in total. The van der Waals surface area contributed by atoms with Crippen LogP contribution in [-0.2, 0) is 14.3 Å². The predicted octanol–water partition coefficient (Wildman–Crippen LogP) is 2.23. The van der Waals surface area contributed by atoms with Crippen LogP contribution >= 0.6 is 0 Å². The van der Waals surface area contributed by atoms with E-state index in [4.69, 9.17) is 4.74 Å². The molecule has 1 aromatic carbocycles. The van der Waals surface area contributed by atoms with Crippen LogP contribution in [0.2, 0.25) is 0 Å². The van der Waals surface area contributed by atoms with Gasteiger partial charge in [0, 0.05) is 19.0 Å². The molecule has 0 radical (unpaired) electrons. The Labute approximate surface area is 129 Å². The quantitative estimate of drug-likeness (QED) is 0.864. The molecule has 0 spiro atoms. The highest BCUT2D eigenvalue weighted by atomic mass is 16.5. The van der Waals surface area contributed by atoms with Crippen molar-refractivity contribution in [3.63, 3.8) is 0 Å². The van der Waals surface area contributed by atoms with Gasteiger partial charge in [-0.25, -0.2) is 0 Å². The van der Waals surface area contributed by atoms with Gasteiger partial charge < -0.3 is 9.84 Å². The highest BCUT2D eigenvalue weighted by molar-refractivity contribution is 5.75. The summed E-state index contributed by atoms with van der Waals surface area (Å²) >= 11 is 0. The minimum Gasteiger partial charge on any atom is -0.480 e. The fraction of sp³-hybridized carbons (Fsp3) is 0.529. The first kappa shape index (κ1) is 15.0. The Bertz CT molecular complexity index is 573. The lowest BCUT2D eigenvalue weighted by Gasteiger charge is -2.40. The number of fused-ring (bicyclic) bond motifs is 2. The van der Waals surface area contributed by atoms with E-state index in [-0.39, 0.29) is 30.1 Å². The summed E-state index contributed by atoms with van der Waals surface area (Å²) < 4.78 is 5.42. The number of hydrogen-bond acceptors (Lipinski definition) is 4. The molecule has 0 aromatic heterocycles. The van der Waals surface area contributed by atoms with Gasteiger partial charge in [0.15, 0.2) is 0 Å². The average Bonchev–Trinajstić information content (AvgIpc) is 3.04. The van der Waals surface area contributed by atoms with E-state index in [0.29, 0.717) is 6.42 Å². The summed E-state index contributed by atoms with van der Waals surface area (Å²) in [5, 5.41) is 9.62. The first-order valence-electron chi connectivity index (χ1n) is 7.71. The fourth-order valence-corrected chi connectivity index (χ4v) is 4.14. The lowest BCUT2D eigenvalue weighted by atomic mass is 9.94. The zero-order chi connectivity index (χ0) is 15.9. The second-order valence-electron chi connectivity index (χ2n) is 6.26. The third-order valence-corrected chi connectivity index (χ3v) is 4.96. The molecule has 1 aromatic rings. The summed E-state index contributed by atoms with van der Waals surface area (Å²) in [7, 11) is 0. The molecule has 2 aliphatic rings. The molecule has 2 fully saturated rings. The number of carbonyl (C=O) groups is 2. The first-order valence-corrected chi connectivity index (χ1v) is 7.71. The van der Waals surface area contributed by atoms with E-state index in [0.717, 1.165) is 12.0 Å². The van der Waals surface area contributed by atoms with Crippen molar-refractivity contribution in [3.05, 3.63) is 35.9 Å². The number of aliphatic carboxylic acids is 1. The maximum atomic E-state index is 11.7. The summed E-state index contributed by atoms with van der Waals surface area (Å²) in [5.74, 6) is -1.02. The van der Waals surface area contributed by atoms with Crippen LogP contribution in [0.5, 0.6) is 0 Å². The number of carboxylic acid groups (broad SMARTS) is 1. The molecular formula is C17H21NO4. The smallest absolute Gasteiger partial charge is 0.321 e. The number of carbonyl (C=O) groups excluding carboxylic acids is 1. The van der Waals surface area contributed by atoms with E-state index in [1.54, 1.807) is 0 Å². The Balaban J connectivity index is 1.88. The summed E-state index contributed by atoms with van der Waals surface area (Å²) in [6, 6.07) is 9.36. The highest BCUT2D eigenvalue weighted by Gasteiger charge is 2.56. The molecular weight excluding hydrogens is 282 g/mol. The molecule has 0 unspecified atom stereocenters. The van der Waals surface area contributed by atoms with Gasteiger partial charge in [-0.15, -0.1) is 0 Å². The lowest BCUT2D eigenvalue weighted by Crippen LogP contribution is -2.52. The Morgan fingerprint density at radius 3 is 2.55 bits per heavy atom. The minimum absolute atomic E-state index is 0.00907. The second-order valence-corrected chi connectivity index (χ2v) is 6.26. The van der Waals surface area contributed by atoms with Crippen molar-refractivity contribution in [1.82, 2.24) is 4.90 Å². The van der Waals surface area contributed by atoms with Gasteiger partial charge in [0.25, 0.3) is 0 Å². The number of carboxylic acids is 1. The van der Waals surface area contributed by atoms with E-state index in [2.05, 4.69) is 0 Å². The maximum absolute atomic E-state index is 11.7. The van der Waals surface area contributed by atoms with Crippen molar-refractivity contribution >= 4 is 11.9 Å². The molecule has 118 valence electrons. The number of rotatable bonds is 4. The van der Waals surface area contributed by atoms with Crippen molar-refractivity contribution in [1.29, 1.82) is 0 Å². The standard InChI is InChI=1S/C17H21NO4/c1-10(12-6-4-3-5-7-12)18-14-8-13(16(18)17(20)21)9-15(14)22-11(2)19/h3-7,10,13-16H,8-9H2,1-2H3,(H,20,21)/t10-,13+,14-,15-,16+/m1/s1. The molecule has 5 atom stereocenters. The monoisotopic (exact) mass is 303 g/mol. The predicted molar refractivity (Wildman–Crippen MR) is 80.2 cm³/mol. The van der Waals surface area contributed by atoms with E-state index in [1.807, 2.05) is 42.2 Å². The molecule has 1 saturated carbocycles. The Morgan fingerprint density at radius 2 is 1.95 bits per heavy atom. The van der Waals surface area contributed by atoms with Crippen LogP contribution < -0.4 is 0 Å². The zero-order valence-corrected chi connectivity index (χ0v) is 12.8. The second kappa shape index (κ2) is 5.72. The third-order valence-electron chi connectivity index (χ3n) is 4.96. The van der Waals surface area contributed by atoms with Gasteiger partial charge in [0.05, 0.1) is 0 Å². The molecule has 22 heavy (non-hydrogen) atoms. The number of ether oxygens (including phenoxy) is 1. The van der Waals surface area contributed by atoms with E-state index in [9.17, 15) is 14.7 Å². The SMILES string of the molecule is CC(=O)O[C@@H]1C[C@@H]2C[C@H]1N([C@H](C)c1ccccc1)[C@@H]2C(=O)O. The minimum atomic E-state index is -0.781. The Kier molecular flexibility index (Phi) is 3.91. The Hall–Kier alpha value is -1.88. The van der Waals surface area contributed by atoms with Crippen LogP contribution in [0, 0.1) is 5.92 Å². The summed E-state index contributed by atoms with van der Waals surface area (Å²) in [5.41, 5.74) is 1.09. The van der Waals surface area contributed by atoms with Crippen LogP contribution in [0.25, 0.3) is 0 Å². The lowest BCUT2D eigenvalue weighted by molar-refractivity contribution is -0.156.